The molecule has 2 aliphatic heterocycles. The summed E-state index contributed by atoms with van der Waals surface area (Å²) in [6.45, 7) is 8.36. The predicted molar refractivity (Wildman–Crippen MR) is 109 cm³/mol. The number of benzene rings is 1. The van der Waals surface area contributed by atoms with Crippen LogP contribution in [0.25, 0.3) is 22.3 Å². The highest BCUT2D eigenvalue weighted by Crippen LogP contribution is 2.39. The van der Waals surface area contributed by atoms with E-state index in [0.717, 1.165) is 33.4 Å². The molecule has 0 amide bonds. The van der Waals surface area contributed by atoms with Crippen molar-refractivity contribution >= 4 is 16.9 Å². The summed E-state index contributed by atoms with van der Waals surface area (Å²) in [6.07, 6.45) is 0.583. The summed E-state index contributed by atoms with van der Waals surface area (Å²) < 4.78 is 7.08. The van der Waals surface area contributed by atoms with Crippen LogP contribution in [0, 0.1) is 0 Å². The number of cyclic esters (lactones) is 1. The number of para-hydroxylation sites is 1. The van der Waals surface area contributed by atoms with Gasteiger partial charge in [0.1, 0.15) is 6.61 Å². The average Bonchev–Trinajstić information content (AvgIpc) is 3.09. The molecule has 0 fully saturated rings. The molecule has 5 heteroatoms. The van der Waals surface area contributed by atoms with Crippen molar-refractivity contribution in [3.05, 3.63) is 63.4 Å². The zero-order valence-electron chi connectivity index (χ0n) is 16.7. The molecule has 0 bridgehead atoms. The summed E-state index contributed by atoms with van der Waals surface area (Å²) in [7, 11) is 0. The fourth-order valence-corrected chi connectivity index (χ4v) is 4.09. The lowest BCUT2D eigenvalue weighted by Crippen LogP contribution is -2.42. The molecule has 28 heavy (non-hydrogen) atoms. The second kappa shape index (κ2) is 6.59. The van der Waals surface area contributed by atoms with E-state index >= 15 is 0 Å². The minimum Gasteiger partial charge on any atom is -0.460 e. The zero-order chi connectivity index (χ0) is 20.1. The Bertz CT molecular complexity index is 1160. The Balaban J connectivity index is 0.000000932. The van der Waals surface area contributed by atoms with Crippen LogP contribution >= 0.6 is 0 Å². The smallest absolute Gasteiger partial charge is 0.316 e. The van der Waals surface area contributed by atoms with Gasteiger partial charge in [-0.1, -0.05) is 39.0 Å². The van der Waals surface area contributed by atoms with Gasteiger partial charge in [0.15, 0.2) is 0 Å². The van der Waals surface area contributed by atoms with Crippen LogP contribution < -0.4 is 5.56 Å². The van der Waals surface area contributed by atoms with Crippen LogP contribution in [0.3, 0.4) is 0 Å². The van der Waals surface area contributed by atoms with Gasteiger partial charge in [-0.05, 0) is 37.1 Å². The number of carbonyl (C=O) groups excluding carboxylic acids is 1. The predicted octanol–water partition coefficient (Wildman–Crippen LogP) is 4.18. The van der Waals surface area contributed by atoms with Gasteiger partial charge in [0.2, 0.25) is 0 Å². The minimum absolute atomic E-state index is 0.0502. The molecule has 3 aromatic rings. The lowest BCUT2D eigenvalue weighted by atomic mass is 9.76. The van der Waals surface area contributed by atoms with Crippen LogP contribution in [0.15, 0.2) is 41.2 Å². The number of ether oxygens (including phenoxy) is 1. The van der Waals surface area contributed by atoms with E-state index in [2.05, 4.69) is 6.07 Å². The highest BCUT2D eigenvalue weighted by Gasteiger charge is 2.43. The number of nitrogens with zero attached hydrogens (tertiary/aromatic N) is 2. The molecule has 0 spiro atoms. The Morgan fingerprint density at radius 3 is 2.68 bits per heavy atom. The van der Waals surface area contributed by atoms with Crippen molar-refractivity contribution in [1.82, 2.24) is 9.55 Å². The molecule has 1 unspecified atom stereocenters. The highest BCUT2D eigenvalue weighted by molar-refractivity contribution is 5.87. The first-order valence-corrected chi connectivity index (χ1v) is 9.86. The van der Waals surface area contributed by atoms with E-state index in [-0.39, 0.29) is 18.1 Å². The zero-order valence-corrected chi connectivity index (χ0v) is 16.7. The maximum atomic E-state index is 13.1. The molecule has 2 aliphatic rings. The van der Waals surface area contributed by atoms with Gasteiger partial charge in [-0.25, -0.2) is 4.98 Å². The van der Waals surface area contributed by atoms with E-state index in [1.54, 1.807) is 4.57 Å². The van der Waals surface area contributed by atoms with Crippen LogP contribution in [0.4, 0.5) is 0 Å². The van der Waals surface area contributed by atoms with Crippen LogP contribution in [0.1, 0.15) is 50.8 Å². The molecule has 1 aromatic carbocycles. The first-order chi connectivity index (χ1) is 13.5. The van der Waals surface area contributed by atoms with Crippen molar-refractivity contribution in [3.8, 4) is 11.4 Å². The number of esters is 1. The number of carbonyl (C=O) groups is 1. The van der Waals surface area contributed by atoms with E-state index in [0.29, 0.717) is 18.5 Å². The van der Waals surface area contributed by atoms with Gasteiger partial charge in [-0.2, -0.15) is 0 Å². The van der Waals surface area contributed by atoms with Crippen molar-refractivity contribution in [2.24, 2.45) is 0 Å². The standard InChI is InChI=1S/C21H18N2O3.C2H6/c1-3-21(2)15-9-17-18-13(8-12-6-4-5-7-16(12)22-18)10-23(17)19(24)14(15)11-26-20(21)25;1-2/h4-9H,3,10-11H2,1-2H3;1-2H3. The molecule has 1 atom stereocenters. The third-order valence-electron chi connectivity index (χ3n) is 5.87. The van der Waals surface area contributed by atoms with E-state index in [9.17, 15) is 9.59 Å². The van der Waals surface area contributed by atoms with Crippen LogP contribution in [0.5, 0.6) is 0 Å². The van der Waals surface area contributed by atoms with Gasteiger partial charge in [0.25, 0.3) is 5.56 Å². The van der Waals surface area contributed by atoms with E-state index in [4.69, 9.17) is 9.72 Å². The van der Waals surface area contributed by atoms with Crippen molar-refractivity contribution in [2.45, 2.75) is 52.7 Å². The minimum atomic E-state index is -0.790. The second-order valence-electron chi connectivity index (χ2n) is 7.26. The summed E-state index contributed by atoms with van der Waals surface area (Å²) in [5.41, 5.74) is 4.08. The van der Waals surface area contributed by atoms with Gasteiger partial charge < -0.3 is 9.30 Å². The van der Waals surface area contributed by atoms with E-state index in [1.807, 2.05) is 58.0 Å². The van der Waals surface area contributed by atoms with Crippen LogP contribution in [-0.2, 0) is 28.1 Å². The fourth-order valence-electron chi connectivity index (χ4n) is 4.09. The molecule has 144 valence electrons. The molecule has 0 aliphatic carbocycles. The van der Waals surface area contributed by atoms with Gasteiger partial charge >= 0.3 is 5.97 Å². The average molecular weight is 376 g/mol. The second-order valence-corrected chi connectivity index (χ2v) is 7.26. The molecule has 5 rings (SSSR count). The number of fused-ring (bicyclic) bond motifs is 5. The number of aromatic nitrogens is 2. The molecule has 5 nitrogen and oxygen atoms in total. The summed E-state index contributed by atoms with van der Waals surface area (Å²) in [6, 6.07) is 12.0. The maximum Gasteiger partial charge on any atom is 0.316 e. The lowest BCUT2D eigenvalue weighted by Gasteiger charge is -2.33. The number of hydrogen-bond donors (Lipinski definition) is 0. The van der Waals surface area contributed by atoms with Crippen molar-refractivity contribution in [2.75, 3.05) is 0 Å². The first-order valence-electron chi connectivity index (χ1n) is 9.86. The molecule has 0 saturated heterocycles. The topological polar surface area (TPSA) is 61.2 Å². The molecule has 0 saturated carbocycles. The Kier molecular flexibility index (Phi) is 4.33. The van der Waals surface area contributed by atoms with Crippen LogP contribution in [0.2, 0.25) is 0 Å². The van der Waals surface area contributed by atoms with Crippen LogP contribution in [-0.4, -0.2) is 15.5 Å². The van der Waals surface area contributed by atoms with Gasteiger partial charge in [-0.3, -0.25) is 9.59 Å². The highest BCUT2D eigenvalue weighted by atomic mass is 16.5. The first kappa shape index (κ1) is 18.4. The fraction of sp³-hybridized carbons (Fsp3) is 0.348. The van der Waals surface area contributed by atoms with Crippen molar-refractivity contribution in [3.63, 3.8) is 0 Å². The normalized spacial score (nSPS) is 19.2. The SMILES string of the molecule is CC.CCC1(C)C(=O)OCc2c1cc1n(c2=O)Cc2cc3ccccc3nc2-1. The summed E-state index contributed by atoms with van der Waals surface area (Å²) in [4.78, 5) is 30.3. The lowest BCUT2D eigenvalue weighted by molar-refractivity contribution is -0.153. The number of rotatable bonds is 1. The Morgan fingerprint density at radius 2 is 1.93 bits per heavy atom. The molecule has 4 heterocycles. The Labute approximate surface area is 164 Å². The third-order valence-corrected chi connectivity index (χ3v) is 5.87. The van der Waals surface area contributed by atoms with E-state index < -0.39 is 5.41 Å². The molecule has 2 aromatic heterocycles. The summed E-state index contributed by atoms with van der Waals surface area (Å²) in [5.74, 6) is -0.262. The van der Waals surface area contributed by atoms with Gasteiger partial charge in [-0.15, -0.1) is 0 Å². The number of hydrogen-bond acceptors (Lipinski definition) is 4. The monoisotopic (exact) mass is 376 g/mol. The summed E-state index contributed by atoms with van der Waals surface area (Å²) >= 11 is 0. The Morgan fingerprint density at radius 1 is 1.18 bits per heavy atom. The quantitative estimate of drug-likeness (QED) is 0.468. The molecular weight excluding hydrogens is 352 g/mol. The van der Waals surface area contributed by atoms with Crippen molar-refractivity contribution in [1.29, 1.82) is 0 Å². The van der Waals surface area contributed by atoms with E-state index in [1.165, 1.54) is 0 Å². The Hall–Kier alpha value is -2.95. The molecule has 0 N–H and O–H groups in total. The van der Waals surface area contributed by atoms with Gasteiger partial charge in [0, 0.05) is 10.9 Å². The molecule has 0 radical (unpaired) electrons. The largest absolute Gasteiger partial charge is 0.460 e. The number of pyridine rings is 2. The molecular formula is C23H24N2O3. The maximum absolute atomic E-state index is 13.1. The van der Waals surface area contributed by atoms with Gasteiger partial charge in [0.05, 0.1) is 34.4 Å². The third kappa shape index (κ3) is 2.42. The van der Waals surface area contributed by atoms with Crippen molar-refractivity contribution < 1.29 is 9.53 Å². The summed E-state index contributed by atoms with van der Waals surface area (Å²) in [5, 5.41) is 1.06.